The average Bonchev–Trinajstić information content (AvgIpc) is 2.72. The normalized spacial score (nSPS) is 12.5. The third kappa shape index (κ3) is 3.94. The summed E-state index contributed by atoms with van der Waals surface area (Å²) in [6.07, 6.45) is 0. The molecule has 0 bridgehead atoms. The lowest BCUT2D eigenvalue weighted by Crippen LogP contribution is -2.27. The Bertz CT molecular complexity index is 706. The van der Waals surface area contributed by atoms with Crippen LogP contribution in [0.25, 0.3) is 0 Å². The molecule has 1 aromatic heterocycles. The number of aryl methyl sites for hydroxylation is 2. The summed E-state index contributed by atoms with van der Waals surface area (Å²) in [5.41, 5.74) is 3.38. The van der Waals surface area contributed by atoms with E-state index in [0.29, 0.717) is 28.9 Å². The van der Waals surface area contributed by atoms with E-state index in [4.69, 9.17) is 11.6 Å². The number of benzene rings is 1. The molecule has 5 heteroatoms. The molecule has 0 aliphatic carbocycles. The Kier molecular flexibility index (Phi) is 5.47. The van der Waals surface area contributed by atoms with Gasteiger partial charge >= 0.3 is 0 Å². The number of rotatable bonds is 5. The third-order valence-electron chi connectivity index (χ3n) is 3.83. The number of aromatic nitrogens is 2. The molecular weight excluding hydrogens is 310 g/mol. The number of nitrogens with zero attached hydrogens (tertiary/aromatic N) is 2. The van der Waals surface area contributed by atoms with Gasteiger partial charge in [0.2, 0.25) is 0 Å². The monoisotopic (exact) mass is 333 g/mol. The van der Waals surface area contributed by atoms with Crippen LogP contribution >= 0.6 is 11.6 Å². The van der Waals surface area contributed by atoms with Crippen molar-refractivity contribution in [2.45, 2.75) is 47.2 Å². The number of carbonyl (C=O) groups is 1. The van der Waals surface area contributed by atoms with Gasteiger partial charge in [-0.3, -0.25) is 9.48 Å². The Morgan fingerprint density at radius 2 is 1.91 bits per heavy atom. The van der Waals surface area contributed by atoms with Gasteiger partial charge in [0, 0.05) is 6.54 Å². The molecule has 0 aliphatic rings. The maximum absolute atomic E-state index is 12.6. The van der Waals surface area contributed by atoms with Crippen LogP contribution in [0.15, 0.2) is 24.3 Å². The third-order valence-corrected chi connectivity index (χ3v) is 4.22. The number of hydrogen-bond donors (Lipinski definition) is 1. The van der Waals surface area contributed by atoms with Crippen LogP contribution in [0.1, 0.15) is 54.0 Å². The van der Waals surface area contributed by atoms with Crippen LogP contribution in [0.3, 0.4) is 0 Å². The summed E-state index contributed by atoms with van der Waals surface area (Å²) in [4.78, 5) is 12.6. The fourth-order valence-corrected chi connectivity index (χ4v) is 3.03. The molecule has 0 spiro atoms. The zero-order valence-electron chi connectivity index (χ0n) is 14.4. The number of carbonyl (C=O) groups excluding carboxylic acids is 1. The van der Waals surface area contributed by atoms with Crippen molar-refractivity contribution in [3.8, 4) is 0 Å². The molecule has 0 saturated carbocycles. The summed E-state index contributed by atoms with van der Waals surface area (Å²) in [6.45, 7) is 10.7. The minimum atomic E-state index is -0.182. The Hall–Kier alpha value is -1.81. The van der Waals surface area contributed by atoms with E-state index in [1.165, 1.54) is 0 Å². The van der Waals surface area contributed by atoms with Crippen LogP contribution in [-0.2, 0) is 6.54 Å². The van der Waals surface area contributed by atoms with Crippen LogP contribution in [-0.4, -0.2) is 15.7 Å². The van der Waals surface area contributed by atoms with Crippen molar-refractivity contribution >= 4 is 17.5 Å². The second-order valence-corrected chi connectivity index (χ2v) is 6.74. The average molecular weight is 334 g/mol. The molecule has 1 heterocycles. The van der Waals surface area contributed by atoms with E-state index in [2.05, 4.69) is 24.3 Å². The van der Waals surface area contributed by atoms with E-state index in [1.807, 2.05) is 45.0 Å². The summed E-state index contributed by atoms with van der Waals surface area (Å²) in [5, 5.41) is 7.83. The summed E-state index contributed by atoms with van der Waals surface area (Å²) < 4.78 is 1.70. The predicted molar refractivity (Wildman–Crippen MR) is 93.9 cm³/mol. The van der Waals surface area contributed by atoms with Gasteiger partial charge in [-0.25, -0.2) is 0 Å². The molecule has 0 aliphatic heterocycles. The van der Waals surface area contributed by atoms with Crippen molar-refractivity contribution in [3.63, 3.8) is 0 Å². The summed E-state index contributed by atoms with van der Waals surface area (Å²) in [5.74, 6) is 0.229. The van der Waals surface area contributed by atoms with Gasteiger partial charge in [-0.05, 0) is 37.8 Å². The van der Waals surface area contributed by atoms with Crippen LogP contribution in [0.5, 0.6) is 0 Å². The minimum Gasteiger partial charge on any atom is -0.345 e. The van der Waals surface area contributed by atoms with Crippen LogP contribution in [0.2, 0.25) is 5.15 Å². The van der Waals surface area contributed by atoms with E-state index >= 15 is 0 Å². The van der Waals surface area contributed by atoms with Gasteiger partial charge in [0.1, 0.15) is 5.15 Å². The molecule has 23 heavy (non-hydrogen) atoms. The summed E-state index contributed by atoms with van der Waals surface area (Å²) >= 11 is 6.37. The van der Waals surface area contributed by atoms with Crippen LogP contribution < -0.4 is 5.32 Å². The smallest absolute Gasteiger partial charge is 0.256 e. The summed E-state index contributed by atoms with van der Waals surface area (Å²) in [6, 6.07) is 7.94. The van der Waals surface area contributed by atoms with Gasteiger partial charge in [0.25, 0.3) is 5.91 Å². The molecule has 0 fully saturated rings. The lowest BCUT2D eigenvalue weighted by molar-refractivity contribution is 0.0939. The van der Waals surface area contributed by atoms with E-state index in [1.54, 1.807) is 4.68 Å². The molecule has 2 rings (SSSR count). The molecule has 1 N–H and O–H groups in total. The molecular formula is C18H24ClN3O. The Morgan fingerprint density at radius 1 is 1.26 bits per heavy atom. The van der Waals surface area contributed by atoms with Crippen molar-refractivity contribution in [2.24, 2.45) is 5.92 Å². The van der Waals surface area contributed by atoms with Gasteiger partial charge < -0.3 is 5.32 Å². The number of amides is 1. The highest BCUT2D eigenvalue weighted by molar-refractivity contribution is 6.33. The number of halogens is 1. The second-order valence-electron chi connectivity index (χ2n) is 6.38. The first kappa shape index (κ1) is 17.5. The van der Waals surface area contributed by atoms with Crippen LogP contribution in [0.4, 0.5) is 0 Å². The maximum Gasteiger partial charge on any atom is 0.256 e. The Labute approximate surface area is 142 Å². The Morgan fingerprint density at radius 3 is 2.52 bits per heavy atom. The van der Waals surface area contributed by atoms with E-state index < -0.39 is 0 Å². The van der Waals surface area contributed by atoms with Gasteiger partial charge in [0.05, 0.1) is 17.3 Å². The number of nitrogens with one attached hydrogen (secondary N) is 1. The zero-order chi connectivity index (χ0) is 17.1. The topological polar surface area (TPSA) is 46.9 Å². The molecule has 0 saturated heterocycles. The molecule has 0 radical (unpaired) electrons. The second kappa shape index (κ2) is 7.18. The first-order valence-corrected chi connectivity index (χ1v) is 8.28. The first-order chi connectivity index (χ1) is 10.8. The predicted octanol–water partition coefficient (Wildman–Crippen LogP) is 4.30. The summed E-state index contributed by atoms with van der Waals surface area (Å²) in [7, 11) is 0. The fraction of sp³-hybridized carbons (Fsp3) is 0.444. The van der Waals surface area contributed by atoms with Crippen molar-refractivity contribution < 1.29 is 4.79 Å². The van der Waals surface area contributed by atoms with Crippen molar-refractivity contribution in [1.29, 1.82) is 0 Å². The molecule has 1 unspecified atom stereocenters. The van der Waals surface area contributed by atoms with E-state index in [0.717, 1.165) is 11.1 Å². The van der Waals surface area contributed by atoms with E-state index in [-0.39, 0.29) is 11.9 Å². The van der Waals surface area contributed by atoms with Gasteiger partial charge in [-0.15, -0.1) is 0 Å². The minimum absolute atomic E-state index is 0.0902. The zero-order valence-corrected chi connectivity index (χ0v) is 15.1. The highest BCUT2D eigenvalue weighted by Crippen LogP contribution is 2.23. The van der Waals surface area contributed by atoms with Gasteiger partial charge in [-0.1, -0.05) is 49.7 Å². The molecule has 1 atom stereocenters. The van der Waals surface area contributed by atoms with Crippen LogP contribution in [0, 0.1) is 19.8 Å². The molecule has 1 aromatic carbocycles. The first-order valence-electron chi connectivity index (χ1n) is 7.90. The largest absolute Gasteiger partial charge is 0.345 e. The number of hydrogen-bond acceptors (Lipinski definition) is 2. The molecule has 124 valence electrons. The van der Waals surface area contributed by atoms with E-state index in [9.17, 15) is 4.79 Å². The Balaban J connectivity index is 2.21. The van der Waals surface area contributed by atoms with Crippen molar-refractivity contribution in [2.75, 3.05) is 0 Å². The lowest BCUT2D eigenvalue weighted by Gasteiger charge is -2.16. The van der Waals surface area contributed by atoms with Crippen molar-refractivity contribution in [1.82, 2.24) is 15.1 Å². The SMILES string of the molecule is Cc1ccccc1C(C)NC(=O)c1c(C)nn(CC(C)C)c1Cl. The fourth-order valence-electron chi connectivity index (χ4n) is 2.70. The van der Waals surface area contributed by atoms with Gasteiger partial charge in [0.15, 0.2) is 0 Å². The molecule has 4 nitrogen and oxygen atoms in total. The standard InChI is InChI=1S/C18H24ClN3O/c1-11(2)10-22-17(19)16(14(5)21-22)18(23)20-13(4)15-9-7-6-8-12(15)3/h6-9,11,13H,10H2,1-5H3,(H,20,23). The quantitative estimate of drug-likeness (QED) is 0.886. The molecule has 2 aromatic rings. The van der Waals surface area contributed by atoms with Crippen molar-refractivity contribution in [3.05, 3.63) is 51.8 Å². The maximum atomic E-state index is 12.6. The van der Waals surface area contributed by atoms with Gasteiger partial charge in [-0.2, -0.15) is 5.10 Å². The molecule has 1 amide bonds. The highest BCUT2D eigenvalue weighted by Gasteiger charge is 2.22. The highest BCUT2D eigenvalue weighted by atomic mass is 35.5. The lowest BCUT2D eigenvalue weighted by atomic mass is 10.0.